The third-order valence-electron chi connectivity index (χ3n) is 4.45. The number of anilines is 1. The Balaban J connectivity index is 1.31. The maximum absolute atomic E-state index is 12.5. The molecule has 26 heavy (non-hydrogen) atoms. The normalized spacial score (nSPS) is 14.8. The van der Waals surface area contributed by atoms with Crippen LogP contribution in [0.3, 0.4) is 0 Å². The first-order valence-electron chi connectivity index (χ1n) is 8.57. The lowest BCUT2D eigenvalue weighted by atomic mass is 10.2. The summed E-state index contributed by atoms with van der Waals surface area (Å²) in [4.78, 5) is 32.8. The van der Waals surface area contributed by atoms with Gasteiger partial charge in [0.1, 0.15) is 5.82 Å². The van der Waals surface area contributed by atoms with Gasteiger partial charge in [-0.25, -0.2) is 9.97 Å². The van der Waals surface area contributed by atoms with E-state index in [1.54, 1.807) is 18.6 Å². The molecule has 134 valence electrons. The molecule has 1 N–H and O–H groups in total. The fraction of sp³-hybridized carbons (Fsp3) is 0.333. The maximum Gasteiger partial charge on any atom is 0.233 e. The number of H-pyrrole nitrogens is 1. The van der Waals surface area contributed by atoms with E-state index in [0.717, 1.165) is 35.1 Å². The predicted octanol–water partition coefficient (Wildman–Crippen LogP) is 2.10. The SMILES string of the molecule is Cc1ccc2nc(SCC(=O)N3CCN(c4cnccn4)CC3)[nH]c2c1. The number of thioether (sulfide) groups is 1. The van der Waals surface area contributed by atoms with Gasteiger partial charge >= 0.3 is 0 Å². The van der Waals surface area contributed by atoms with Crippen LogP contribution in [0.15, 0.2) is 41.9 Å². The van der Waals surface area contributed by atoms with Crippen LogP contribution in [0.4, 0.5) is 5.82 Å². The zero-order chi connectivity index (χ0) is 17.9. The van der Waals surface area contributed by atoms with Crippen molar-refractivity contribution in [2.75, 3.05) is 36.8 Å². The number of amides is 1. The van der Waals surface area contributed by atoms with Gasteiger partial charge in [-0.05, 0) is 24.6 Å². The van der Waals surface area contributed by atoms with Gasteiger partial charge in [0.2, 0.25) is 5.91 Å². The standard InChI is InChI=1S/C18H20N6OS/c1-13-2-3-14-15(10-13)22-18(21-14)26-12-17(25)24-8-6-23(7-9-24)16-11-19-4-5-20-16/h2-5,10-11H,6-9,12H2,1H3,(H,21,22). The van der Waals surface area contributed by atoms with Crippen molar-refractivity contribution in [1.29, 1.82) is 0 Å². The Morgan fingerprint density at radius 2 is 2.08 bits per heavy atom. The summed E-state index contributed by atoms with van der Waals surface area (Å²) in [6, 6.07) is 6.11. The van der Waals surface area contributed by atoms with E-state index in [0.29, 0.717) is 18.8 Å². The van der Waals surface area contributed by atoms with Crippen LogP contribution in [-0.2, 0) is 4.79 Å². The molecule has 1 saturated heterocycles. The van der Waals surface area contributed by atoms with Crippen LogP contribution < -0.4 is 4.90 Å². The van der Waals surface area contributed by atoms with Crippen molar-refractivity contribution in [3.8, 4) is 0 Å². The Morgan fingerprint density at radius 1 is 1.23 bits per heavy atom. The highest BCUT2D eigenvalue weighted by Crippen LogP contribution is 2.21. The average molecular weight is 368 g/mol. The molecule has 8 heteroatoms. The number of nitrogens with one attached hydrogen (secondary N) is 1. The number of aryl methyl sites for hydroxylation is 1. The zero-order valence-corrected chi connectivity index (χ0v) is 15.4. The van der Waals surface area contributed by atoms with Gasteiger partial charge in [-0.3, -0.25) is 9.78 Å². The van der Waals surface area contributed by atoms with Gasteiger partial charge in [0.25, 0.3) is 0 Å². The van der Waals surface area contributed by atoms with E-state index >= 15 is 0 Å². The zero-order valence-electron chi connectivity index (χ0n) is 14.6. The third kappa shape index (κ3) is 3.65. The van der Waals surface area contributed by atoms with Crippen LogP contribution in [-0.4, -0.2) is 62.7 Å². The first kappa shape index (κ1) is 16.8. The van der Waals surface area contributed by atoms with Crippen molar-refractivity contribution < 1.29 is 4.79 Å². The highest BCUT2D eigenvalue weighted by atomic mass is 32.2. The number of hydrogen-bond acceptors (Lipinski definition) is 6. The summed E-state index contributed by atoms with van der Waals surface area (Å²) >= 11 is 1.46. The molecular weight excluding hydrogens is 348 g/mol. The molecule has 4 rings (SSSR count). The van der Waals surface area contributed by atoms with E-state index in [-0.39, 0.29) is 5.91 Å². The predicted molar refractivity (Wildman–Crippen MR) is 102 cm³/mol. The second kappa shape index (κ2) is 7.33. The summed E-state index contributed by atoms with van der Waals surface area (Å²) in [6.45, 7) is 5.01. The molecule has 2 aromatic heterocycles. The molecule has 1 aliphatic rings. The topological polar surface area (TPSA) is 78.0 Å². The minimum atomic E-state index is 0.144. The quantitative estimate of drug-likeness (QED) is 0.711. The molecule has 0 aliphatic carbocycles. The van der Waals surface area contributed by atoms with E-state index in [9.17, 15) is 4.79 Å². The molecular formula is C18H20N6OS. The number of piperazine rings is 1. The van der Waals surface area contributed by atoms with Crippen LogP contribution in [0.1, 0.15) is 5.56 Å². The van der Waals surface area contributed by atoms with E-state index in [4.69, 9.17) is 0 Å². The van der Waals surface area contributed by atoms with Crippen LogP contribution in [0.25, 0.3) is 11.0 Å². The molecule has 3 heterocycles. The molecule has 0 unspecified atom stereocenters. The second-order valence-corrected chi connectivity index (χ2v) is 7.25. The number of aromatic amines is 1. The van der Waals surface area contributed by atoms with Gasteiger partial charge in [-0.2, -0.15) is 0 Å². The van der Waals surface area contributed by atoms with Crippen molar-refractivity contribution in [2.45, 2.75) is 12.1 Å². The van der Waals surface area contributed by atoms with Crippen LogP contribution in [0.2, 0.25) is 0 Å². The molecule has 0 spiro atoms. The Bertz CT molecular complexity index is 904. The lowest BCUT2D eigenvalue weighted by Gasteiger charge is -2.35. The van der Waals surface area contributed by atoms with Crippen molar-refractivity contribution >= 4 is 34.5 Å². The summed E-state index contributed by atoms with van der Waals surface area (Å²) in [5.74, 6) is 1.40. The molecule has 0 atom stereocenters. The summed E-state index contributed by atoms with van der Waals surface area (Å²) in [7, 11) is 0. The molecule has 3 aromatic rings. The van der Waals surface area contributed by atoms with Gasteiger partial charge in [0, 0.05) is 38.6 Å². The maximum atomic E-state index is 12.5. The number of nitrogens with zero attached hydrogens (tertiary/aromatic N) is 5. The molecule has 1 amide bonds. The van der Waals surface area contributed by atoms with Gasteiger partial charge in [0.05, 0.1) is 23.0 Å². The first-order valence-corrected chi connectivity index (χ1v) is 9.55. The molecule has 1 aromatic carbocycles. The second-order valence-electron chi connectivity index (χ2n) is 6.28. The average Bonchev–Trinajstić information content (AvgIpc) is 3.09. The Morgan fingerprint density at radius 3 is 2.85 bits per heavy atom. The van der Waals surface area contributed by atoms with Crippen LogP contribution in [0, 0.1) is 6.92 Å². The van der Waals surface area contributed by atoms with E-state index in [1.165, 1.54) is 17.3 Å². The lowest BCUT2D eigenvalue weighted by molar-refractivity contribution is -0.128. The fourth-order valence-electron chi connectivity index (χ4n) is 3.03. The highest BCUT2D eigenvalue weighted by molar-refractivity contribution is 7.99. The van der Waals surface area contributed by atoms with Gasteiger partial charge < -0.3 is 14.8 Å². The van der Waals surface area contributed by atoms with Crippen molar-refractivity contribution in [1.82, 2.24) is 24.8 Å². The number of imidazole rings is 1. The minimum absolute atomic E-state index is 0.144. The number of carbonyl (C=O) groups excluding carboxylic acids is 1. The summed E-state index contributed by atoms with van der Waals surface area (Å²) in [6.07, 6.45) is 5.12. The highest BCUT2D eigenvalue weighted by Gasteiger charge is 2.22. The Labute approximate surface area is 155 Å². The van der Waals surface area contributed by atoms with Crippen LogP contribution in [0.5, 0.6) is 0 Å². The number of fused-ring (bicyclic) bond motifs is 1. The van der Waals surface area contributed by atoms with Crippen LogP contribution >= 0.6 is 11.8 Å². The summed E-state index contributed by atoms with van der Waals surface area (Å²) < 4.78 is 0. The molecule has 0 radical (unpaired) electrons. The van der Waals surface area contributed by atoms with Crippen molar-refractivity contribution in [3.05, 3.63) is 42.4 Å². The summed E-state index contributed by atoms with van der Waals surface area (Å²) in [5, 5.41) is 0.789. The smallest absolute Gasteiger partial charge is 0.233 e. The van der Waals surface area contributed by atoms with E-state index in [2.05, 4.69) is 37.8 Å². The summed E-state index contributed by atoms with van der Waals surface area (Å²) in [5.41, 5.74) is 3.13. The lowest BCUT2D eigenvalue weighted by Crippen LogP contribution is -2.49. The number of carbonyl (C=O) groups is 1. The first-order chi connectivity index (χ1) is 12.7. The third-order valence-corrected chi connectivity index (χ3v) is 5.31. The molecule has 7 nitrogen and oxygen atoms in total. The fourth-order valence-corrected chi connectivity index (χ4v) is 3.82. The van der Waals surface area contributed by atoms with Gasteiger partial charge in [0.15, 0.2) is 5.16 Å². The van der Waals surface area contributed by atoms with Gasteiger partial charge in [-0.1, -0.05) is 17.8 Å². The number of benzene rings is 1. The number of hydrogen-bond donors (Lipinski definition) is 1. The number of rotatable bonds is 4. The van der Waals surface area contributed by atoms with E-state index in [1.807, 2.05) is 17.0 Å². The number of aromatic nitrogens is 4. The van der Waals surface area contributed by atoms with Crippen molar-refractivity contribution in [2.24, 2.45) is 0 Å². The monoisotopic (exact) mass is 368 g/mol. The molecule has 1 aliphatic heterocycles. The minimum Gasteiger partial charge on any atom is -0.352 e. The van der Waals surface area contributed by atoms with Crippen molar-refractivity contribution in [3.63, 3.8) is 0 Å². The largest absolute Gasteiger partial charge is 0.352 e. The Hall–Kier alpha value is -2.61. The molecule has 0 saturated carbocycles. The van der Waals surface area contributed by atoms with E-state index < -0.39 is 0 Å². The molecule has 1 fully saturated rings. The Kier molecular flexibility index (Phi) is 4.75. The van der Waals surface area contributed by atoms with Gasteiger partial charge in [-0.15, -0.1) is 0 Å². The molecule has 0 bridgehead atoms.